The summed E-state index contributed by atoms with van der Waals surface area (Å²) in [5.74, 6) is -1.04. The molecule has 1 amide bonds. The van der Waals surface area contributed by atoms with Gasteiger partial charge < -0.3 is 9.84 Å². The Kier molecular flexibility index (Phi) is 5.76. The molecule has 1 atom stereocenters. The average Bonchev–Trinajstić information content (AvgIpc) is 3.11. The van der Waals surface area contributed by atoms with Gasteiger partial charge in [0.15, 0.2) is 0 Å². The van der Waals surface area contributed by atoms with Crippen LogP contribution in [-0.2, 0) is 16.0 Å². The van der Waals surface area contributed by atoms with E-state index in [-0.39, 0.29) is 6.42 Å². The molecule has 5 heteroatoms. The predicted molar refractivity (Wildman–Crippen MR) is 119 cm³/mol. The predicted octanol–water partition coefficient (Wildman–Crippen LogP) is 5.22. The zero-order chi connectivity index (χ0) is 22.0. The van der Waals surface area contributed by atoms with Gasteiger partial charge >= 0.3 is 12.1 Å². The molecule has 1 N–H and O–H groups in total. The number of carboxylic acids is 1. The maximum atomic E-state index is 13.0. The SMILES string of the molecule is COC(=O)N(C1c2ccccc2-c2ccccc21)[C@@H](CCc1ccc(C)cc1)C(=O)O. The fraction of sp³-hybridized carbons (Fsp3) is 0.231. The first-order chi connectivity index (χ1) is 15.0. The lowest BCUT2D eigenvalue weighted by Gasteiger charge is -2.34. The van der Waals surface area contributed by atoms with Crippen LogP contribution in [0.2, 0.25) is 0 Å². The fourth-order valence-electron chi connectivity index (χ4n) is 4.39. The van der Waals surface area contributed by atoms with Crippen LogP contribution in [0.15, 0.2) is 72.8 Å². The van der Waals surface area contributed by atoms with Crippen molar-refractivity contribution < 1.29 is 19.4 Å². The summed E-state index contributed by atoms with van der Waals surface area (Å²) in [5, 5.41) is 10.1. The van der Waals surface area contributed by atoms with Crippen LogP contribution >= 0.6 is 0 Å². The minimum Gasteiger partial charge on any atom is -0.480 e. The number of methoxy groups -OCH3 is 1. The minimum atomic E-state index is -1.04. The van der Waals surface area contributed by atoms with E-state index in [1.807, 2.05) is 79.7 Å². The van der Waals surface area contributed by atoms with Gasteiger partial charge in [0, 0.05) is 0 Å². The second-order valence-corrected chi connectivity index (χ2v) is 7.83. The number of fused-ring (bicyclic) bond motifs is 3. The highest BCUT2D eigenvalue weighted by atomic mass is 16.5. The number of carbonyl (C=O) groups excluding carboxylic acids is 1. The summed E-state index contributed by atoms with van der Waals surface area (Å²) < 4.78 is 5.08. The molecule has 1 aliphatic rings. The molecular weight excluding hydrogens is 390 g/mol. The quantitative estimate of drug-likeness (QED) is 0.599. The molecule has 3 aromatic carbocycles. The molecule has 0 unspecified atom stereocenters. The Labute approximate surface area is 181 Å². The first-order valence-electron chi connectivity index (χ1n) is 10.3. The number of nitrogens with zero attached hydrogens (tertiary/aromatic N) is 1. The van der Waals surface area contributed by atoms with Gasteiger partial charge in [-0.05, 0) is 47.6 Å². The summed E-state index contributed by atoms with van der Waals surface area (Å²) in [6.07, 6.45) is 0.183. The van der Waals surface area contributed by atoms with Crippen molar-refractivity contribution in [1.82, 2.24) is 4.90 Å². The third-order valence-electron chi connectivity index (χ3n) is 5.91. The number of rotatable bonds is 6. The molecular formula is C26H25NO4. The normalized spacial score (nSPS) is 13.2. The van der Waals surface area contributed by atoms with Crippen molar-refractivity contribution in [2.75, 3.05) is 7.11 Å². The number of benzene rings is 3. The van der Waals surface area contributed by atoms with Gasteiger partial charge in [0.05, 0.1) is 13.2 Å². The zero-order valence-corrected chi connectivity index (χ0v) is 17.6. The molecule has 0 saturated carbocycles. The van der Waals surface area contributed by atoms with Gasteiger partial charge in [-0.2, -0.15) is 0 Å². The Morgan fingerprint density at radius 1 is 0.935 bits per heavy atom. The van der Waals surface area contributed by atoms with Crippen LogP contribution in [0.25, 0.3) is 11.1 Å². The Bertz CT molecular complexity index is 1060. The van der Waals surface area contributed by atoms with Gasteiger partial charge in [-0.25, -0.2) is 9.59 Å². The number of hydrogen-bond donors (Lipinski definition) is 1. The number of ether oxygens (including phenoxy) is 1. The van der Waals surface area contributed by atoms with E-state index >= 15 is 0 Å². The van der Waals surface area contributed by atoms with Crippen LogP contribution in [0.3, 0.4) is 0 Å². The fourth-order valence-corrected chi connectivity index (χ4v) is 4.39. The van der Waals surface area contributed by atoms with Crippen LogP contribution in [-0.4, -0.2) is 35.2 Å². The summed E-state index contributed by atoms with van der Waals surface area (Å²) in [4.78, 5) is 26.7. The number of amides is 1. The van der Waals surface area contributed by atoms with E-state index in [2.05, 4.69) is 0 Å². The Morgan fingerprint density at radius 3 is 2.00 bits per heavy atom. The van der Waals surface area contributed by atoms with Crippen molar-refractivity contribution in [2.45, 2.75) is 31.8 Å². The van der Waals surface area contributed by atoms with Crippen molar-refractivity contribution in [1.29, 1.82) is 0 Å². The molecule has 0 fully saturated rings. The summed E-state index contributed by atoms with van der Waals surface area (Å²) in [6.45, 7) is 2.01. The molecule has 0 saturated heterocycles. The number of carbonyl (C=O) groups is 2. The van der Waals surface area contributed by atoms with Crippen LogP contribution in [0.5, 0.6) is 0 Å². The summed E-state index contributed by atoms with van der Waals surface area (Å²) >= 11 is 0. The van der Waals surface area contributed by atoms with Gasteiger partial charge in [0.25, 0.3) is 0 Å². The molecule has 0 radical (unpaired) electrons. The van der Waals surface area contributed by atoms with E-state index in [4.69, 9.17) is 4.74 Å². The van der Waals surface area contributed by atoms with Gasteiger partial charge in [0.2, 0.25) is 0 Å². The molecule has 0 heterocycles. The highest BCUT2D eigenvalue weighted by molar-refractivity contribution is 5.85. The molecule has 31 heavy (non-hydrogen) atoms. The maximum Gasteiger partial charge on any atom is 0.411 e. The average molecular weight is 415 g/mol. The van der Waals surface area contributed by atoms with Crippen LogP contribution in [0, 0.1) is 6.92 Å². The van der Waals surface area contributed by atoms with Gasteiger partial charge in [-0.1, -0.05) is 78.4 Å². The summed E-state index contributed by atoms with van der Waals surface area (Å²) in [5.41, 5.74) is 6.04. The van der Waals surface area contributed by atoms with Crippen molar-refractivity contribution in [3.63, 3.8) is 0 Å². The van der Waals surface area contributed by atoms with Crippen molar-refractivity contribution in [3.05, 3.63) is 95.1 Å². The van der Waals surface area contributed by atoms with Crippen molar-refractivity contribution in [3.8, 4) is 11.1 Å². The van der Waals surface area contributed by atoms with Crippen molar-refractivity contribution in [2.24, 2.45) is 0 Å². The molecule has 5 nitrogen and oxygen atoms in total. The molecule has 0 aliphatic heterocycles. The topological polar surface area (TPSA) is 66.8 Å². The van der Waals surface area contributed by atoms with Gasteiger partial charge in [-0.3, -0.25) is 4.90 Å². The van der Waals surface area contributed by atoms with E-state index < -0.39 is 24.1 Å². The van der Waals surface area contributed by atoms with Gasteiger partial charge in [-0.15, -0.1) is 0 Å². The number of aliphatic carboxylic acids is 1. The lowest BCUT2D eigenvalue weighted by molar-refractivity contribution is -0.143. The van der Waals surface area contributed by atoms with E-state index in [9.17, 15) is 14.7 Å². The zero-order valence-electron chi connectivity index (χ0n) is 17.6. The first-order valence-corrected chi connectivity index (χ1v) is 10.3. The number of hydrogen-bond acceptors (Lipinski definition) is 3. The van der Waals surface area contributed by atoms with Crippen LogP contribution < -0.4 is 0 Å². The standard InChI is InChI=1S/C26H25NO4/c1-17-11-13-18(14-12-17)15-16-23(25(28)29)27(26(30)31-2)24-21-9-5-3-7-19(21)20-8-4-6-10-22(20)24/h3-14,23-24H,15-16H2,1-2H3,(H,28,29)/t23-/m0/s1. The van der Waals surface area contributed by atoms with Crippen LogP contribution in [0.1, 0.15) is 34.7 Å². The third kappa shape index (κ3) is 3.91. The molecule has 0 bridgehead atoms. The third-order valence-corrected chi connectivity index (χ3v) is 5.91. The van der Waals surface area contributed by atoms with E-state index in [1.165, 1.54) is 12.0 Å². The second kappa shape index (κ2) is 8.64. The lowest BCUT2D eigenvalue weighted by Crippen LogP contribution is -2.47. The monoisotopic (exact) mass is 415 g/mol. The Hall–Kier alpha value is -3.60. The highest BCUT2D eigenvalue weighted by Gasteiger charge is 2.41. The summed E-state index contributed by atoms with van der Waals surface area (Å²) in [6, 6.07) is 22.1. The number of aryl methyl sites for hydroxylation is 2. The largest absolute Gasteiger partial charge is 0.480 e. The highest BCUT2D eigenvalue weighted by Crippen LogP contribution is 2.47. The molecule has 4 rings (SSSR count). The van der Waals surface area contributed by atoms with E-state index in [0.717, 1.165) is 33.4 Å². The minimum absolute atomic E-state index is 0.286. The Morgan fingerprint density at radius 2 is 1.48 bits per heavy atom. The first kappa shape index (κ1) is 20.7. The lowest BCUT2D eigenvalue weighted by atomic mass is 9.98. The molecule has 1 aliphatic carbocycles. The molecule has 158 valence electrons. The number of carboxylic acid groups (broad SMARTS) is 1. The van der Waals surface area contributed by atoms with E-state index in [1.54, 1.807) is 0 Å². The van der Waals surface area contributed by atoms with E-state index in [0.29, 0.717) is 6.42 Å². The van der Waals surface area contributed by atoms with Crippen molar-refractivity contribution >= 4 is 12.1 Å². The smallest absolute Gasteiger partial charge is 0.411 e. The molecule has 0 spiro atoms. The summed E-state index contributed by atoms with van der Waals surface area (Å²) in [7, 11) is 1.29. The maximum absolute atomic E-state index is 13.0. The van der Waals surface area contributed by atoms with Gasteiger partial charge in [0.1, 0.15) is 6.04 Å². The Balaban J connectivity index is 1.74. The molecule has 3 aromatic rings. The second-order valence-electron chi connectivity index (χ2n) is 7.83. The van der Waals surface area contributed by atoms with Crippen LogP contribution in [0.4, 0.5) is 4.79 Å². The molecule has 0 aromatic heterocycles.